The molecule has 6 heteroatoms. The number of thioether (sulfide) groups is 1. The second kappa shape index (κ2) is 6.23. The van der Waals surface area contributed by atoms with Crippen molar-refractivity contribution >= 4 is 23.5 Å². The van der Waals surface area contributed by atoms with Crippen LogP contribution >= 0.6 is 11.8 Å². The van der Waals surface area contributed by atoms with Crippen molar-refractivity contribution in [2.45, 2.75) is 30.8 Å². The Labute approximate surface area is 118 Å². The normalized spacial score (nSPS) is 18.7. The highest BCUT2D eigenvalue weighted by molar-refractivity contribution is 7.99. The molecule has 0 bridgehead atoms. The molecule has 104 valence electrons. The molecule has 19 heavy (non-hydrogen) atoms. The van der Waals surface area contributed by atoms with Crippen molar-refractivity contribution in [2.75, 3.05) is 31.3 Å². The minimum Gasteiger partial charge on any atom is -0.347 e. The second-order valence-corrected chi connectivity index (χ2v) is 6.02. The summed E-state index contributed by atoms with van der Waals surface area (Å²) in [4.78, 5) is 24.7. The van der Waals surface area contributed by atoms with E-state index in [4.69, 9.17) is 0 Å². The fraction of sp³-hybridized carbons (Fsp3) is 0.615. The van der Waals surface area contributed by atoms with Crippen LogP contribution in [0.25, 0.3) is 0 Å². The molecule has 1 aliphatic heterocycles. The Morgan fingerprint density at radius 2 is 2.32 bits per heavy atom. The number of carbonyl (C=O) groups excluding carboxylic acids is 1. The summed E-state index contributed by atoms with van der Waals surface area (Å²) in [6.45, 7) is 2.96. The number of anilines is 1. The first-order valence-corrected chi connectivity index (χ1v) is 7.54. The van der Waals surface area contributed by atoms with E-state index in [1.165, 1.54) is 0 Å². The van der Waals surface area contributed by atoms with Gasteiger partial charge < -0.3 is 9.80 Å². The minimum atomic E-state index is -0.0915. The Morgan fingerprint density at radius 1 is 1.53 bits per heavy atom. The molecule has 2 heterocycles. The van der Waals surface area contributed by atoms with Crippen LogP contribution in [0.2, 0.25) is 0 Å². The van der Waals surface area contributed by atoms with Crippen LogP contribution < -0.4 is 4.90 Å². The lowest BCUT2D eigenvalue weighted by atomic mass is 10.2. The summed E-state index contributed by atoms with van der Waals surface area (Å²) in [6, 6.07) is -0.0915. The van der Waals surface area contributed by atoms with Gasteiger partial charge in [-0.2, -0.15) is 0 Å². The first-order chi connectivity index (χ1) is 9.13. The second-order valence-electron chi connectivity index (χ2n) is 4.73. The SMILES string of the molecule is CCSc1cncc(N2CCC[C@H]2C(=O)N(C)C)n1. The van der Waals surface area contributed by atoms with E-state index in [1.807, 2.05) is 0 Å². The summed E-state index contributed by atoms with van der Waals surface area (Å²) in [6.07, 6.45) is 5.44. The molecular weight excluding hydrogens is 260 g/mol. The molecule has 0 aromatic carbocycles. The standard InChI is InChI=1S/C13H20N4OS/c1-4-19-12-9-14-8-11(15-12)17-7-5-6-10(17)13(18)16(2)3/h8-10H,4-7H2,1-3H3/t10-/m0/s1. The van der Waals surface area contributed by atoms with E-state index in [-0.39, 0.29) is 11.9 Å². The lowest BCUT2D eigenvalue weighted by Crippen LogP contribution is -2.43. The molecule has 1 atom stereocenters. The number of carbonyl (C=O) groups is 1. The number of nitrogens with zero attached hydrogens (tertiary/aromatic N) is 4. The molecule has 1 amide bonds. The highest BCUT2D eigenvalue weighted by Gasteiger charge is 2.32. The Kier molecular flexibility index (Phi) is 4.63. The zero-order chi connectivity index (χ0) is 13.8. The summed E-state index contributed by atoms with van der Waals surface area (Å²) in [5.74, 6) is 1.93. The molecule has 5 nitrogen and oxygen atoms in total. The molecule has 0 N–H and O–H groups in total. The van der Waals surface area contributed by atoms with Gasteiger partial charge in [0.2, 0.25) is 5.91 Å². The minimum absolute atomic E-state index is 0.0915. The van der Waals surface area contributed by atoms with Gasteiger partial charge in [0.15, 0.2) is 0 Å². The maximum absolute atomic E-state index is 12.2. The highest BCUT2D eigenvalue weighted by Crippen LogP contribution is 2.26. The zero-order valence-electron chi connectivity index (χ0n) is 11.7. The lowest BCUT2D eigenvalue weighted by Gasteiger charge is -2.26. The van der Waals surface area contributed by atoms with Gasteiger partial charge >= 0.3 is 0 Å². The fourth-order valence-electron chi connectivity index (χ4n) is 2.29. The van der Waals surface area contributed by atoms with Crippen LogP contribution in [0.3, 0.4) is 0 Å². The number of hydrogen-bond acceptors (Lipinski definition) is 5. The third kappa shape index (κ3) is 3.18. The highest BCUT2D eigenvalue weighted by atomic mass is 32.2. The van der Waals surface area contributed by atoms with Crippen LogP contribution in [0.5, 0.6) is 0 Å². The van der Waals surface area contributed by atoms with Crippen molar-refractivity contribution in [2.24, 2.45) is 0 Å². The maximum Gasteiger partial charge on any atom is 0.244 e. The van der Waals surface area contributed by atoms with Gasteiger partial charge in [-0.1, -0.05) is 6.92 Å². The van der Waals surface area contributed by atoms with Crippen molar-refractivity contribution in [1.82, 2.24) is 14.9 Å². The van der Waals surface area contributed by atoms with Crippen molar-refractivity contribution < 1.29 is 4.79 Å². The molecule has 0 saturated carbocycles. The van der Waals surface area contributed by atoms with Gasteiger partial charge in [0.05, 0.1) is 12.4 Å². The third-order valence-corrected chi connectivity index (χ3v) is 3.95. The molecule has 1 aromatic rings. The van der Waals surface area contributed by atoms with E-state index < -0.39 is 0 Å². The first-order valence-electron chi connectivity index (χ1n) is 6.56. The summed E-state index contributed by atoms with van der Waals surface area (Å²) in [5.41, 5.74) is 0. The van der Waals surface area contributed by atoms with Gasteiger partial charge in [0, 0.05) is 20.6 Å². The number of hydrogen-bond donors (Lipinski definition) is 0. The smallest absolute Gasteiger partial charge is 0.244 e. The Balaban J connectivity index is 2.20. The van der Waals surface area contributed by atoms with Crippen LogP contribution in [0.15, 0.2) is 17.4 Å². The number of likely N-dealkylation sites (N-methyl/N-ethyl adjacent to an activating group) is 1. The van der Waals surface area contributed by atoms with Gasteiger partial charge in [-0.15, -0.1) is 11.8 Å². The third-order valence-electron chi connectivity index (χ3n) is 3.16. The van der Waals surface area contributed by atoms with Crippen LogP contribution in [-0.4, -0.2) is 53.2 Å². The van der Waals surface area contributed by atoms with Gasteiger partial charge in [0.25, 0.3) is 0 Å². The Morgan fingerprint density at radius 3 is 3.00 bits per heavy atom. The summed E-state index contributed by atoms with van der Waals surface area (Å²) in [7, 11) is 3.60. The van der Waals surface area contributed by atoms with E-state index in [2.05, 4.69) is 21.8 Å². The van der Waals surface area contributed by atoms with Gasteiger partial charge in [0.1, 0.15) is 16.9 Å². The van der Waals surface area contributed by atoms with Gasteiger partial charge in [-0.25, -0.2) is 4.98 Å². The average molecular weight is 280 g/mol. The van der Waals surface area contributed by atoms with Gasteiger partial charge in [-0.05, 0) is 18.6 Å². The zero-order valence-corrected chi connectivity index (χ0v) is 12.5. The van der Waals surface area contributed by atoms with Crippen molar-refractivity contribution in [3.05, 3.63) is 12.4 Å². The molecule has 0 spiro atoms. The average Bonchev–Trinajstić information content (AvgIpc) is 2.87. The van der Waals surface area contributed by atoms with E-state index in [9.17, 15) is 4.79 Å². The maximum atomic E-state index is 12.2. The molecule has 0 unspecified atom stereocenters. The van der Waals surface area contributed by atoms with Crippen molar-refractivity contribution in [3.8, 4) is 0 Å². The monoisotopic (exact) mass is 280 g/mol. The molecule has 0 radical (unpaired) electrons. The van der Waals surface area contributed by atoms with E-state index in [0.29, 0.717) is 0 Å². The molecule has 0 aliphatic carbocycles. The molecule has 1 aromatic heterocycles. The summed E-state index contributed by atoms with van der Waals surface area (Å²) >= 11 is 1.67. The topological polar surface area (TPSA) is 49.3 Å². The van der Waals surface area contributed by atoms with E-state index in [0.717, 1.165) is 36.0 Å². The largest absolute Gasteiger partial charge is 0.347 e. The molecule has 1 fully saturated rings. The molecular formula is C13H20N4OS. The summed E-state index contributed by atoms with van der Waals surface area (Å²) in [5, 5.41) is 0.919. The number of amides is 1. The quantitative estimate of drug-likeness (QED) is 0.785. The Bertz CT molecular complexity index is 452. The van der Waals surface area contributed by atoms with Crippen molar-refractivity contribution in [3.63, 3.8) is 0 Å². The number of rotatable bonds is 4. The van der Waals surface area contributed by atoms with E-state index >= 15 is 0 Å². The fourth-order valence-corrected chi connectivity index (χ4v) is 2.88. The summed E-state index contributed by atoms with van der Waals surface area (Å²) < 4.78 is 0. The molecule has 1 saturated heterocycles. The van der Waals surface area contributed by atoms with Crippen LogP contribution in [0.1, 0.15) is 19.8 Å². The first kappa shape index (κ1) is 14.1. The van der Waals surface area contributed by atoms with Crippen molar-refractivity contribution in [1.29, 1.82) is 0 Å². The van der Waals surface area contributed by atoms with Crippen LogP contribution in [-0.2, 0) is 4.79 Å². The van der Waals surface area contributed by atoms with Gasteiger partial charge in [-0.3, -0.25) is 9.78 Å². The molecule has 1 aliphatic rings. The number of aromatic nitrogens is 2. The predicted octanol–water partition coefficient (Wildman–Crippen LogP) is 1.65. The van der Waals surface area contributed by atoms with Crippen LogP contribution in [0.4, 0.5) is 5.82 Å². The lowest BCUT2D eigenvalue weighted by molar-refractivity contribution is -0.129. The molecule has 2 rings (SSSR count). The predicted molar refractivity (Wildman–Crippen MR) is 77.5 cm³/mol. The van der Waals surface area contributed by atoms with Crippen LogP contribution in [0, 0.1) is 0 Å². The van der Waals surface area contributed by atoms with E-state index in [1.54, 1.807) is 43.2 Å². The Hall–Kier alpha value is -1.30.